The van der Waals surface area contributed by atoms with E-state index >= 15 is 0 Å². The summed E-state index contributed by atoms with van der Waals surface area (Å²) in [7, 11) is 0. The molecule has 8 rings (SSSR count). The van der Waals surface area contributed by atoms with Gasteiger partial charge in [-0.25, -0.2) is 4.39 Å². The highest BCUT2D eigenvalue weighted by molar-refractivity contribution is 8.18. The molecule has 3 saturated carbocycles. The lowest BCUT2D eigenvalue weighted by Crippen LogP contribution is -2.63. The molecule has 7 aliphatic rings. The summed E-state index contributed by atoms with van der Waals surface area (Å²) in [4.78, 5) is 71.4. The Morgan fingerprint density at radius 2 is 1.55 bits per heavy atom. The van der Waals surface area contributed by atoms with E-state index in [-0.39, 0.29) is 56.5 Å². The maximum Gasteiger partial charge on any atom is 0.294 e. The number of benzene rings is 1. The van der Waals surface area contributed by atoms with E-state index in [0.717, 1.165) is 72.8 Å². The minimum absolute atomic E-state index is 0.0766. The number of fused-ring (bicyclic) bond motifs is 7. The highest BCUT2D eigenvalue weighted by atomic mass is 32.2. The van der Waals surface area contributed by atoms with Gasteiger partial charge in [0.25, 0.3) is 11.1 Å². The zero-order chi connectivity index (χ0) is 40.2. The van der Waals surface area contributed by atoms with Crippen LogP contribution in [0.2, 0.25) is 0 Å². The molecule has 0 radical (unpaired) electrons. The number of nitrogens with zero attached hydrogens (tertiary/aromatic N) is 3. The number of hydrogen-bond acceptors (Lipinski definition) is 7. The molecule has 0 aromatic heterocycles. The SMILES string of the molecule is CC1=C(O)C(=O)C=C2C1=CC=C1[C@@]2(C)CC[C@@]2(C)[C@@H]3C[C@](C)(C(=O)N4CCN(C(=O)CN5C(=O)S/C(=C\c6ccc(F)cc6)C5=O)CC4)CC[C@]3(C)CC[C@]12C. The summed E-state index contributed by atoms with van der Waals surface area (Å²) in [6.07, 6.45) is 14.1. The van der Waals surface area contributed by atoms with Gasteiger partial charge in [-0.3, -0.25) is 28.9 Å². The second-order valence-electron chi connectivity index (χ2n) is 18.6. The predicted octanol–water partition coefficient (Wildman–Crippen LogP) is 8.16. The molecule has 9 nitrogen and oxygen atoms in total. The van der Waals surface area contributed by atoms with Gasteiger partial charge in [0, 0.05) is 42.6 Å². The van der Waals surface area contributed by atoms with Crippen molar-refractivity contribution in [3.8, 4) is 0 Å². The van der Waals surface area contributed by atoms with E-state index in [9.17, 15) is 33.5 Å². The molecule has 1 aromatic rings. The number of hydrogen-bond donors (Lipinski definition) is 1. The van der Waals surface area contributed by atoms with E-state index in [1.807, 2.05) is 11.8 Å². The number of thioether (sulfide) groups is 1. The third kappa shape index (κ3) is 5.72. The fourth-order valence-electron chi connectivity index (χ4n) is 11.8. The smallest absolute Gasteiger partial charge is 0.294 e. The molecule has 5 fully saturated rings. The first-order chi connectivity index (χ1) is 26.3. The normalized spacial score (nSPS) is 36.4. The van der Waals surface area contributed by atoms with Gasteiger partial charge < -0.3 is 14.9 Å². The van der Waals surface area contributed by atoms with Crippen LogP contribution in [0.1, 0.15) is 92.1 Å². The summed E-state index contributed by atoms with van der Waals surface area (Å²) in [6.45, 7) is 14.6. The maximum atomic E-state index is 14.6. The number of imide groups is 1. The molecule has 0 spiro atoms. The van der Waals surface area contributed by atoms with Gasteiger partial charge in [0.2, 0.25) is 17.6 Å². The van der Waals surface area contributed by atoms with Crippen LogP contribution in [-0.4, -0.2) is 81.3 Å². The van der Waals surface area contributed by atoms with E-state index < -0.39 is 22.4 Å². The number of carbonyl (C=O) groups is 5. The molecule has 0 unspecified atom stereocenters. The van der Waals surface area contributed by atoms with E-state index in [4.69, 9.17) is 0 Å². The number of piperazine rings is 1. The average molecular weight is 782 g/mol. The molecular formula is C45H52FN3O6S. The van der Waals surface area contributed by atoms with Crippen molar-refractivity contribution in [3.05, 3.63) is 86.8 Å². The number of rotatable bonds is 4. The molecule has 2 heterocycles. The molecule has 2 saturated heterocycles. The van der Waals surface area contributed by atoms with Gasteiger partial charge >= 0.3 is 0 Å². The second-order valence-corrected chi connectivity index (χ2v) is 19.6. The van der Waals surface area contributed by atoms with Crippen molar-refractivity contribution in [3.63, 3.8) is 0 Å². The topological polar surface area (TPSA) is 115 Å². The Bertz CT molecular complexity index is 2130. The zero-order valence-corrected chi connectivity index (χ0v) is 34.1. The van der Waals surface area contributed by atoms with Crippen LogP contribution in [0.3, 0.4) is 0 Å². The maximum absolute atomic E-state index is 14.6. The van der Waals surface area contributed by atoms with Crippen molar-refractivity contribution < 1.29 is 33.5 Å². The molecular weight excluding hydrogens is 730 g/mol. The van der Waals surface area contributed by atoms with Crippen LogP contribution in [0, 0.1) is 38.8 Å². The highest BCUT2D eigenvalue weighted by Crippen LogP contribution is 2.75. The van der Waals surface area contributed by atoms with Crippen LogP contribution >= 0.6 is 11.8 Å². The summed E-state index contributed by atoms with van der Waals surface area (Å²) < 4.78 is 13.3. The van der Waals surface area contributed by atoms with Gasteiger partial charge in [-0.1, -0.05) is 64.5 Å². The standard InChI is InChI=1S/C45H52FN3O6S/c1-27-30-11-12-34-43(4,31(30)24-32(50)37(27)52)16-18-45(6)35-25-42(3,14-13-41(35,2)15-17-44(34,45)5)39(54)48-21-19-47(20-22-48)36(51)26-49-38(53)33(56-40(49)55)23-28-7-9-29(46)10-8-28/h7-12,23-24,35,52H,13-22,25-26H2,1-6H3/b33-23-/t35-,41-,42-,43+,44-,45+/m1/s1. The van der Waals surface area contributed by atoms with Gasteiger partial charge in [-0.15, -0.1) is 0 Å². The first-order valence-electron chi connectivity index (χ1n) is 20.0. The van der Waals surface area contributed by atoms with E-state index in [0.29, 0.717) is 43.2 Å². The van der Waals surface area contributed by atoms with Crippen LogP contribution in [-0.2, 0) is 19.2 Å². The Labute approximate surface area is 332 Å². The first-order valence-corrected chi connectivity index (χ1v) is 20.8. The first kappa shape index (κ1) is 38.6. The van der Waals surface area contributed by atoms with Gasteiger partial charge in [-0.05, 0) is 127 Å². The summed E-state index contributed by atoms with van der Waals surface area (Å²) in [5.41, 5.74) is 3.59. The van der Waals surface area contributed by atoms with Crippen molar-refractivity contribution >= 4 is 46.6 Å². The Balaban J connectivity index is 0.950. The fraction of sp³-hybridized carbons (Fsp3) is 0.533. The Morgan fingerprint density at radius 1 is 0.893 bits per heavy atom. The van der Waals surface area contributed by atoms with Crippen molar-refractivity contribution in [1.29, 1.82) is 0 Å². The molecule has 296 valence electrons. The third-order valence-corrected chi connectivity index (χ3v) is 16.6. The minimum Gasteiger partial charge on any atom is -0.504 e. The highest BCUT2D eigenvalue weighted by Gasteiger charge is 2.67. The van der Waals surface area contributed by atoms with Gasteiger partial charge in [-0.2, -0.15) is 0 Å². The minimum atomic E-state index is -0.553. The average Bonchev–Trinajstić information content (AvgIpc) is 3.43. The van der Waals surface area contributed by atoms with E-state index in [1.165, 1.54) is 35.9 Å². The number of allylic oxidation sites excluding steroid dienone is 7. The Kier molecular flexibility index (Phi) is 9.06. The number of carbonyl (C=O) groups excluding carboxylic acids is 5. The van der Waals surface area contributed by atoms with Gasteiger partial charge in [0.05, 0.1) is 4.91 Å². The molecule has 1 N–H and O–H groups in total. The molecule has 5 aliphatic carbocycles. The van der Waals surface area contributed by atoms with Gasteiger partial charge in [0.15, 0.2) is 5.76 Å². The van der Waals surface area contributed by atoms with Crippen LogP contribution in [0.25, 0.3) is 6.08 Å². The number of aliphatic hydroxyl groups excluding tert-OH is 1. The number of amides is 4. The van der Waals surface area contributed by atoms with Crippen molar-refractivity contribution in [2.45, 2.75) is 86.5 Å². The molecule has 2 aliphatic heterocycles. The van der Waals surface area contributed by atoms with Crippen molar-refractivity contribution in [2.75, 3.05) is 32.7 Å². The van der Waals surface area contributed by atoms with Crippen LogP contribution in [0.15, 0.2) is 75.5 Å². The van der Waals surface area contributed by atoms with Crippen LogP contribution in [0.4, 0.5) is 9.18 Å². The van der Waals surface area contributed by atoms with Crippen LogP contribution in [0.5, 0.6) is 0 Å². The Hall–Kier alpha value is -4.25. The largest absolute Gasteiger partial charge is 0.504 e. The summed E-state index contributed by atoms with van der Waals surface area (Å²) >= 11 is 0.764. The molecule has 11 heteroatoms. The van der Waals surface area contributed by atoms with Crippen molar-refractivity contribution in [2.24, 2.45) is 33.0 Å². The lowest BCUT2D eigenvalue weighted by molar-refractivity contribution is -0.175. The molecule has 6 atom stereocenters. The van der Waals surface area contributed by atoms with Crippen molar-refractivity contribution in [1.82, 2.24) is 14.7 Å². The van der Waals surface area contributed by atoms with Gasteiger partial charge in [0.1, 0.15) is 12.4 Å². The van der Waals surface area contributed by atoms with E-state index in [1.54, 1.807) is 11.0 Å². The second kappa shape index (κ2) is 13.1. The summed E-state index contributed by atoms with van der Waals surface area (Å²) in [6, 6.07) is 5.60. The fourth-order valence-corrected chi connectivity index (χ4v) is 12.6. The lowest BCUT2D eigenvalue weighted by Gasteiger charge is -2.70. The Morgan fingerprint density at radius 3 is 2.25 bits per heavy atom. The summed E-state index contributed by atoms with van der Waals surface area (Å²) in [5.74, 6) is -1.33. The van der Waals surface area contributed by atoms with Crippen LogP contribution < -0.4 is 0 Å². The lowest BCUT2D eigenvalue weighted by atomic mass is 9.34. The van der Waals surface area contributed by atoms with E-state index in [2.05, 4.69) is 46.8 Å². The number of halogens is 1. The monoisotopic (exact) mass is 781 g/mol. The summed E-state index contributed by atoms with van der Waals surface area (Å²) in [5, 5.41) is 9.97. The zero-order valence-electron chi connectivity index (χ0n) is 33.3. The number of aliphatic hydroxyl groups is 1. The number of ketones is 1. The predicted molar refractivity (Wildman–Crippen MR) is 213 cm³/mol. The molecule has 1 aromatic carbocycles. The molecule has 56 heavy (non-hydrogen) atoms. The molecule has 4 amide bonds. The third-order valence-electron chi connectivity index (χ3n) is 15.6. The quantitative estimate of drug-likeness (QED) is 0.307. The molecule has 0 bridgehead atoms.